The minimum Gasteiger partial charge on any atom is -0.380 e. The molecule has 1 nitrogen and oxygen atoms in total. The second-order valence-corrected chi connectivity index (χ2v) is 8.66. The lowest BCUT2D eigenvalue weighted by atomic mass is 9.79. The molecule has 2 aromatic rings. The first-order valence-electron chi connectivity index (χ1n) is 9.06. The van der Waals surface area contributed by atoms with E-state index in [4.69, 9.17) is 0 Å². The van der Waals surface area contributed by atoms with Crippen LogP contribution in [-0.2, 0) is 5.60 Å². The zero-order chi connectivity index (χ0) is 27.3. The van der Waals surface area contributed by atoms with Crippen molar-refractivity contribution in [3.05, 3.63) is 69.3 Å². The van der Waals surface area contributed by atoms with Gasteiger partial charge < -0.3 is 5.11 Å². The van der Waals surface area contributed by atoms with Crippen LogP contribution in [0.25, 0.3) is 0 Å². The number of alkyl halides is 13. The first kappa shape index (κ1) is 29.5. The third kappa shape index (κ3) is 4.69. The molecular weight excluding hydrogens is 630 g/mol. The van der Waals surface area contributed by atoms with E-state index in [-0.39, 0.29) is 3.57 Å². The summed E-state index contributed by atoms with van der Waals surface area (Å²) >= 11 is 1.60. The molecule has 0 fully saturated rings. The zero-order valence-electron chi connectivity index (χ0n) is 16.6. The Balaban J connectivity index is 2.67. The SMILES string of the molecule is OC(CC(F)(F)C(F)(F)C(F)(F)C(F)(F)C(F)(F)C(F)(F)F)(c1ccccc1)c1cccc(I)c1. The van der Waals surface area contributed by atoms with Crippen LogP contribution >= 0.6 is 22.6 Å². The van der Waals surface area contributed by atoms with Crippen molar-refractivity contribution in [2.75, 3.05) is 0 Å². The van der Waals surface area contributed by atoms with Gasteiger partial charge in [-0.05, 0) is 45.9 Å². The summed E-state index contributed by atoms with van der Waals surface area (Å²) < 4.78 is 176. The van der Waals surface area contributed by atoms with E-state index in [1.807, 2.05) is 0 Å². The lowest BCUT2D eigenvalue weighted by molar-refractivity contribution is -0.441. The number of benzene rings is 2. The molecule has 0 aromatic heterocycles. The molecule has 0 saturated carbocycles. The van der Waals surface area contributed by atoms with Gasteiger partial charge in [0.05, 0.1) is 6.42 Å². The summed E-state index contributed by atoms with van der Waals surface area (Å²) in [5, 5.41) is 11.0. The van der Waals surface area contributed by atoms with Crippen LogP contribution in [0.4, 0.5) is 57.1 Å². The van der Waals surface area contributed by atoms with Gasteiger partial charge in [0.15, 0.2) is 0 Å². The number of aliphatic hydroxyl groups is 1. The molecule has 35 heavy (non-hydrogen) atoms. The van der Waals surface area contributed by atoms with Crippen molar-refractivity contribution in [2.24, 2.45) is 0 Å². The fraction of sp³-hybridized carbons (Fsp3) is 0.400. The van der Waals surface area contributed by atoms with Crippen LogP contribution in [0.15, 0.2) is 54.6 Å². The van der Waals surface area contributed by atoms with Gasteiger partial charge in [0, 0.05) is 3.57 Å². The van der Waals surface area contributed by atoms with Crippen LogP contribution in [0, 0.1) is 3.57 Å². The first-order chi connectivity index (χ1) is 15.6. The molecule has 2 aromatic carbocycles. The molecule has 1 atom stereocenters. The monoisotopic (exact) mass is 642 g/mol. The Morgan fingerprint density at radius 1 is 0.571 bits per heavy atom. The molecule has 0 amide bonds. The van der Waals surface area contributed by atoms with Gasteiger partial charge in [-0.25, -0.2) is 0 Å². The highest BCUT2D eigenvalue weighted by atomic mass is 127. The molecule has 0 aliphatic heterocycles. The van der Waals surface area contributed by atoms with E-state index in [0.29, 0.717) is 0 Å². The van der Waals surface area contributed by atoms with Crippen LogP contribution in [0.3, 0.4) is 0 Å². The van der Waals surface area contributed by atoms with Crippen LogP contribution in [0.5, 0.6) is 0 Å². The fourth-order valence-corrected chi connectivity index (χ4v) is 3.61. The predicted molar refractivity (Wildman–Crippen MR) is 104 cm³/mol. The number of halogens is 14. The van der Waals surface area contributed by atoms with Crippen molar-refractivity contribution >= 4 is 22.6 Å². The topological polar surface area (TPSA) is 20.2 Å². The van der Waals surface area contributed by atoms with Crippen LogP contribution in [0.2, 0.25) is 0 Å². The van der Waals surface area contributed by atoms with Crippen molar-refractivity contribution in [1.82, 2.24) is 0 Å². The van der Waals surface area contributed by atoms with Crippen molar-refractivity contribution in [2.45, 2.75) is 47.8 Å². The van der Waals surface area contributed by atoms with E-state index in [0.717, 1.165) is 42.5 Å². The van der Waals surface area contributed by atoms with Gasteiger partial charge in [-0.3, -0.25) is 0 Å². The Bertz CT molecular complexity index is 1040. The summed E-state index contributed by atoms with van der Waals surface area (Å²) in [7, 11) is 0. The predicted octanol–water partition coefficient (Wildman–Crippen LogP) is 7.66. The molecule has 2 rings (SSSR count). The van der Waals surface area contributed by atoms with Gasteiger partial charge in [-0.15, -0.1) is 0 Å². The van der Waals surface area contributed by atoms with Gasteiger partial charge in [-0.2, -0.15) is 57.1 Å². The largest absolute Gasteiger partial charge is 0.460 e. The lowest BCUT2D eigenvalue weighted by Crippen LogP contribution is -2.70. The molecule has 196 valence electrons. The molecule has 1 N–H and O–H groups in total. The molecule has 0 bridgehead atoms. The van der Waals surface area contributed by atoms with E-state index in [1.165, 1.54) is 12.1 Å². The summed E-state index contributed by atoms with van der Waals surface area (Å²) in [5.74, 6) is -37.7. The van der Waals surface area contributed by atoms with Crippen molar-refractivity contribution in [3.8, 4) is 0 Å². The maximum absolute atomic E-state index is 14.6. The molecular formula is C20H12F13IO. The van der Waals surface area contributed by atoms with E-state index < -0.39 is 58.9 Å². The van der Waals surface area contributed by atoms with E-state index in [9.17, 15) is 62.2 Å². The Labute approximate surface area is 202 Å². The van der Waals surface area contributed by atoms with Gasteiger partial charge >= 0.3 is 35.8 Å². The highest BCUT2D eigenvalue weighted by Crippen LogP contribution is 2.61. The average molecular weight is 642 g/mol. The van der Waals surface area contributed by atoms with Crippen molar-refractivity contribution < 1.29 is 62.2 Å². The first-order valence-corrected chi connectivity index (χ1v) is 10.1. The maximum atomic E-state index is 14.6. The summed E-state index contributed by atoms with van der Waals surface area (Å²) in [6, 6.07) is 9.59. The second-order valence-electron chi connectivity index (χ2n) is 7.41. The third-order valence-electron chi connectivity index (χ3n) is 5.03. The number of rotatable bonds is 8. The number of hydrogen-bond donors (Lipinski definition) is 1. The summed E-state index contributed by atoms with van der Waals surface area (Å²) in [6.45, 7) is 0. The smallest absolute Gasteiger partial charge is 0.380 e. The maximum Gasteiger partial charge on any atom is 0.460 e. The lowest BCUT2D eigenvalue weighted by Gasteiger charge is -2.42. The minimum absolute atomic E-state index is 0.214. The van der Waals surface area contributed by atoms with Crippen LogP contribution < -0.4 is 0 Å². The highest BCUT2D eigenvalue weighted by Gasteiger charge is 2.90. The highest BCUT2D eigenvalue weighted by molar-refractivity contribution is 14.1. The molecule has 0 heterocycles. The molecule has 1 unspecified atom stereocenters. The molecule has 0 radical (unpaired) electrons. The van der Waals surface area contributed by atoms with Crippen molar-refractivity contribution in [3.63, 3.8) is 0 Å². The third-order valence-corrected chi connectivity index (χ3v) is 5.70. The summed E-state index contributed by atoms with van der Waals surface area (Å²) in [6.07, 6.45) is -10.3. The normalized spacial score (nSPS) is 16.2. The van der Waals surface area contributed by atoms with E-state index in [2.05, 4.69) is 0 Å². The second kappa shape index (κ2) is 8.95. The molecule has 0 saturated heterocycles. The summed E-state index contributed by atoms with van der Waals surface area (Å²) in [5.41, 5.74) is -4.53. The molecule has 0 aliphatic carbocycles. The van der Waals surface area contributed by atoms with Gasteiger partial charge in [0.1, 0.15) is 5.60 Å². The number of hydrogen-bond acceptors (Lipinski definition) is 1. The van der Waals surface area contributed by atoms with Crippen LogP contribution in [-0.4, -0.2) is 40.9 Å². The van der Waals surface area contributed by atoms with Gasteiger partial charge in [0.25, 0.3) is 0 Å². The Morgan fingerprint density at radius 3 is 1.49 bits per heavy atom. The summed E-state index contributed by atoms with van der Waals surface area (Å²) in [4.78, 5) is 0. The average Bonchev–Trinajstić information content (AvgIpc) is 2.72. The fourth-order valence-electron chi connectivity index (χ4n) is 3.06. The Morgan fingerprint density at radius 2 is 1.03 bits per heavy atom. The van der Waals surface area contributed by atoms with Gasteiger partial charge in [0.2, 0.25) is 0 Å². The van der Waals surface area contributed by atoms with Gasteiger partial charge in [-0.1, -0.05) is 42.5 Å². The molecule has 0 aliphatic rings. The molecule has 15 heteroatoms. The Kier molecular flexibility index (Phi) is 7.53. The van der Waals surface area contributed by atoms with Crippen LogP contribution in [0.1, 0.15) is 17.5 Å². The standard InChI is InChI=1S/C20H12F13IO/c21-15(22,16(23,24)17(25,26)18(27,28)19(29,30)20(31,32)33)10-14(35,11-5-2-1-3-6-11)12-7-4-8-13(34)9-12/h1-9,35H,10H2. The quantitative estimate of drug-likeness (QED) is 0.232. The Hall–Kier alpha value is -1.78. The van der Waals surface area contributed by atoms with E-state index in [1.54, 1.807) is 22.6 Å². The van der Waals surface area contributed by atoms with E-state index >= 15 is 0 Å². The molecule has 0 spiro atoms. The van der Waals surface area contributed by atoms with Crippen molar-refractivity contribution in [1.29, 1.82) is 0 Å². The minimum atomic E-state index is -8.00. The zero-order valence-corrected chi connectivity index (χ0v) is 18.8.